The van der Waals surface area contributed by atoms with Crippen molar-refractivity contribution in [1.29, 1.82) is 0 Å². The number of amides is 1. The van der Waals surface area contributed by atoms with Crippen LogP contribution in [0.2, 0.25) is 0 Å². The molecule has 1 amide bonds. The Morgan fingerprint density at radius 2 is 1.24 bits per heavy atom. The number of carbonyl (C=O) groups excluding carboxylic acids is 1. The van der Waals surface area contributed by atoms with Crippen LogP contribution in [0.1, 0.15) is 29.5 Å². The third-order valence-electron chi connectivity index (χ3n) is 6.27. The first kappa shape index (κ1) is 30.0. The van der Waals surface area contributed by atoms with Gasteiger partial charge in [0.05, 0.1) is 12.8 Å². The first-order valence-corrected chi connectivity index (χ1v) is 15.2. The van der Waals surface area contributed by atoms with E-state index in [0.29, 0.717) is 17.1 Å². The van der Waals surface area contributed by atoms with E-state index in [2.05, 4.69) is 5.32 Å². The molecule has 0 heterocycles. The summed E-state index contributed by atoms with van der Waals surface area (Å²) in [5.41, 5.74) is 2.27. The maximum atomic E-state index is 13.6. The van der Waals surface area contributed by atoms with Crippen molar-refractivity contribution in [2.75, 3.05) is 0 Å². The Hall–Kier alpha value is -3.94. The third kappa shape index (κ3) is 10.2. The van der Waals surface area contributed by atoms with Gasteiger partial charge in [0.15, 0.2) is 6.29 Å². The summed E-state index contributed by atoms with van der Waals surface area (Å²) >= 11 is 0. The maximum absolute atomic E-state index is 13.6. The number of carbonyl (C=O) groups is 1. The van der Waals surface area contributed by atoms with Crippen molar-refractivity contribution in [3.05, 3.63) is 132 Å². The van der Waals surface area contributed by atoms with E-state index < -0.39 is 25.5 Å². The van der Waals surface area contributed by atoms with Crippen molar-refractivity contribution in [3.8, 4) is 11.5 Å². The monoisotopic (exact) mass is 575 g/mol. The molecule has 3 atom stereocenters. The third-order valence-corrected chi connectivity index (χ3v) is 8.45. The number of ether oxygens (including phenoxy) is 3. The Morgan fingerprint density at radius 1 is 0.707 bits per heavy atom. The summed E-state index contributed by atoms with van der Waals surface area (Å²) in [6.45, 7) is 0.203. The van der Waals surface area contributed by atoms with E-state index in [1.807, 2.05) is 91.0 Å². The molecule has 4 aromatic carbocycles. The average Bonchev–Trinajstić information content (AvgIpc) is 2.99. The minimum atomic E-state index is -4.01. The highest BCUT2D eigenvalue weighted by Gasteiger charge is 2.33. The number of rotatable bonds is 14. The second-order valence-corrected chi connectivity index (χ2v) is 12.0. The molecule has 0 saturated carbocycles. The van der Waals surface area contributed by atoms with Crippen molar-refractivity contribution < 1.29 is 33.6 Å². The molecule has 0 bridgehead atoms. The lowest BCUT2D eigenvalue weighted by molar-refractivity contribution is -0.112. The molecule has 214 valence electrons. The van der Waals surface area contributed by atoms with Gasteiger partial charge >= 0.3 is 6.09 Å². The topological polar surface area (TPSA) is 114 Å². The normalized spacial score (nSPS) is 13.9. The van der Waals surface area contributed by atoms with Gasteiger partial charge in [0.2, 0.25) is 7.37 Å². The van der Waals surface area contributed by atoms with Crippen LogP contribution in [0.25, 0.3) is 0 Å². The number of benzene rings is 4. The molecule has 0 spiro atoms. The highest BCUT2D eigenvalue weighted by Crippen LogP contribution is 2.50. The SMILES string of the molecule is O=C(NC(CCC(O)OCc1ccccc1)P(=O)(O)Cc1ccc(Oc2ccccc2)cc1)OCc1ccccc1. The summed E-state index contributed by atoms with van der Waals surface area (Å²) in [5.74, 6) is 0.103. The molecule has 41 heavy (non-hydrogen) atoms. The second-order valence-electron chi connectivity index (χ2n) is 9.52. The molecule has 4 rings (SSSR count). The Morgan fingerprint density at radius 3 is 1.85 bits per heavy atom. The van der Waals surface area contributed by atoms with Crippen LogP contribution in [-0.4, -0.2) is 28.2 Å². The van der Waals surface area contributed by atoms with Crippen molar-refractivity contribution >= 4 is 13.5 Å². The van der Waals surface area contributed by atoms with Crippen molar-refractivity contribution in [2.45, 2.75) is 44.3 Å². The first-order valence-electron chi connectivity index (χ1n) is 13.3. The van der Waals surface area contributed by atoms with Gasteiger partial charge < -0.3 is 29.5 Å². The molecule has 4 aromatic rings. The van der Waals surface area contributed by atoms with E-state index in [1.165, 1.54) is 0 Å². The van der Waals surface area contributed by atoms with E-state index in [1.54, 1.807) is 24.3 Å². The van der Waals surface area contributed by atoms with Gasteiger partial charge in [-0.15, -0.1) is 0 Å². The summed E-state index contributed by atoms with van der Waals surface area (Å²) in [6, 6.07) is 34.7. The Balaban J connectivity index is 1.38. The fourth-order valence-corrected chi connectivity index (χ4v) is 5.90. The Kier molecular flexibility index (Phi) is 11.1. The van der Waals surface area contributed by atoms with Gasteiger partial charge in [-0.3, -0.25) is 4.57 Å². The van der Waals surface area contributed by atoms with Gasteiger partial charge in [-0.05, 0) is 47.4 Å². The summed E-state index contributed by atoms with van der Waals surface area (Å²) in [5, 5.41) is 13.0. The van der Waals surface area contributed by atoms with Crippen LogP contribution in [0.4, 0.5) is 4.79 Å². The minimum absolute atomic E-state index is 0.000622. The van der Waals surface area contributed by atoms with E-state index in [-0.39, 0.29) is 32.2 Å². The van der Waals surface area contributed by atoms with Gasteiger partial charge in [0, 0.05) is 6.42 Å². The van der Waals surface area contributed by atoms with Crippen LogP contribution < -0.4 is 10.1 Å². The summed E-state index contributed by atoms with van der Waals surface area (Å²) in [6.07, 6.45) is -2.17. The van der Waals surface area contributed by atoms with E-state index in [4.69, 9.17) is 14.2 Å². The van der Waals surface area contributed by atoms with Crippen LogP contribution in [-0.2, 0) is 33.4 Å². The average molecular weight is 576 g/mol. The summed E-state index contributed by atoms with van der Waals surface area (Å²) in [4.78, 5) is 23.7. The quantitative estimate of drug-likeness (QED) is 0.112. The molecule has 3 N–H and O–H groups in total. The first-order chi connectivity index (χ1) is 19.9. The highest BCUT2D eigenvalue weighted by molar-refractivity contribution is 7.57. The van der Waals surface area contributed by atoms with Gasteiger partial charge in [-0.1, -0.05) is 91.0 Å². The number of nitrogens with one attached hydrogen (secondary N) is 1. The molecule has 0 aliphatic carbocycles. The van der Waals surface area contributed by atoms with Crippen molar-refractivity contribution in [3.63, 3.8) is 0 Å². The zero-order valence-corrected chi connectivity index (χ0v) is 23.4. The summed E-state index contributed by atoms with van der Waals surface area (Å²) < 4.78 is 30.2. The van der Waals surface area contributed by atoms with Gasteiger partial charge in [-0.2, -0.15) is 0 Å². The molecule has 8 nitrogen and oxygen atoms in total. The fourth-order valence-electron chi connectivity index (χ4n) is 4.09. The number of para-hydroxylation sites is 1. The van der Waals surface area contributed by atoms with Gasteiger partial charge in [-0.25, -0.2) is 4.79 Å². The summed E-state index contributed by atoms with van der Waals surface area (Å²) in [7, 11) is -4.01. The largest absolute Gasteiger partial charge is 0.457 e. The van der Waals surface area contributed by atoms with Crippen LogP contribution >= 0.6 is 7.37 Å². The van der Waals surface area contributed by atoms with E-state index >= 15 is 0 Å². The number of hydrogen-bond acceptors (Lipinski definition) is 6. The predicted octanol–water partition coefficient (Wildman–Crippen LogP) is 6.82. The maximum Gasteiger partial charge on any atom is 0.408 e. The molecular formula is C32H34NO7P. The van der Waals surface area contributed by atoms with Crippen LogP contribution in [0.5, 0.6) is 11.5 Å². The van der Waals surface area contributed by atoms with Crippen LogP contribution in [0, 0.1) is 0 Å². The Labute approximate surface area is 240 Å². The zero-order valence-electron chi connectivity index (χ0n) is 22.5. The number of hydrogen-bond donors (Lipinski definition) is 3. The standard InChI is InChI=1S/C32H34NO7P/c34-31(38-22-25-10-4-1-5-11-25)21-20-30(33-32(35)39-23-26-12-6-2-7-13-26)41(36,37)24-27-16-18-29(19-17-27)40-28-14-8-3-9-15-28/h1-19,30-31,34H,20-24H2,(H,33,35)(H,36,37). The molecule has 0 aromatic heterocycles. The molecule has 0 saturated heterocycles. The number of alkyl carbamates (subject to hydrolysis) is 1. The van der Waals surface area contributed by atoms with Crippen molar-refractivity contribution in [2.24, 2.45) is 0 Å². The van der Waals surface area contributed by atoms with Gasteiger partial charge in [0.25, 0.3) is 0 Å². The Bertz CT molecular complexity index is 1390. The number of aliphatic hydroxyl groups is 1. The minimum Gasteiger partial charge on any atom is -0.457 e. The molecular weight excluding hydrogens is 541 g/mol. The molecule has 0 aliphatic rings. The fraction of sp³-hybridized carbons (Fsp3) is 0.219. The highest BCUT2D eigenvalue weighted by atomic mass is 31.2. The molecule has 0 fully saturated rings. The lowest BCUT2D eigenvalue weighted by Gasteiger charge is -2.25. The number of aliphatic hydroxyl groups excluding tert-OH is 1. The molecule has 3 unspecified atom stereocenters. The lowest BCUT2D eigenvalue weighted by atomic mass is 10.2. The van der Waals surface area contributed by atoms with E-state index in [0.717, 1.165) is 11.1 Å². The molecule has 0 radical (unpaired) electrons. The lowest BCUT2D eigenvalue weighted by Crippen LogP contribution is -2.36. The second kappa shape index (κ2) is 15.2. The predicted molar refractivity (Wildman–Crippen MR) is 157 cm³/mol. The van der Waals surface area contributed by atoms with Crippen LogP contribution in [0.15, 0.2) is 115 Å². The molecule has 9 heteroatoms. The van der Waals surface area contributed by atoms with Crippen LogP contribution in [0.3, 0.4) is 0 Å². The molecule has 0 aliphatic heterocycles. The van der Waals surface area contributed by atoms with Gasteiger partial charge in [0.1, 0.15) is 23.9 Å². The smallest absolute Gasteiger partial charge is 0.408 e. The van der Waals surface area contributed by atoms with E-state index in [9.17, 15) is 19.4 Å². The zero-order chi connectivity index (χ0) is 28.9. The van der Waals surface area contributed by atoms with Crippen molar-refractivity contribution in [1.82, 2.24) is 5.32 Å².